The molecule has 0 radical (unpaired) electrons. The Hall–Kier alpha value is -3.52. The standard InChI is InChI=1S/C29H35N7O/c1-2-21-13-14-26-22(19-21)20-25(29(37)30-26)27(28-31-32-33-36(28)24-11-7-4-8-12-24)35-17-15-34(16-18-35)23-9-5-3-6-10-23/h3,5-6,9-10,13-14,19-20,24,27H,2,4,7-8,11-12,15-18H2,1H3,(H,30,37). The predicted molar refractivity (Wildman–Crippen MR) is 146 cm³/mol. The normalized spacial score (nSPS) is 18.4. The van der Waals surface area contributed by atoms with Gasteiger partial charge in [0.25, 0.3) is 5.56 Å². The number of nitrogens with zero attached hydrogens (tertiary/aromatic N) is 6. The van der Waals surface area contributed by atoms with E-state index in [-0.39, 0.29) is 17.6 Å². The van der Waals surface area contributed by atoms with E-state index in [0.29, 0.717) is 0 Å². The van der Waals surface area contributed by atoms with Gasteiger partial charge in [-0.1, -0.05) is 50.5 Å². The lowest BCUT2D eigenvalue weighted by molar-refractivity contribution is 0.192. The number of aromatic nitrogens is 5. The number of hydrogen-bond donors (Lipinski definition) is 1. The summed E-state index contributed by atoms with van der Waals surface area (Å²) in [5.74, 6) is 0.788. The lowest BCUT2D eigenvalue weighted by atomic mass is 9.95. The molecule has 1 saturated heterocycles. The highest BCUT2D eigenvalue weighted by Gasteiger charge is 2.34. The van der Waals surface area contributed by atoms with Crippen LogP contribution in [0.4, 0.5) is 5.69 Å². The van der Waals surface area contributed by atoms with Crippen LogP contribution in [0.5, 0.6) is 0 Å². The van der Waals surface area contributed by atoms with Crippen molar-refractivity contribution in [3.05, 3.63) is 81.9 Å². The lowest BCUT2D eigenvalue weighted by Crippen LogP contribution is -2.49. The molecule has 8 heteroatoms. The third-order valence-electron chi connectivity index (χ3n) is 8.12. The first kappa shape index (κ1) is 23.9. The number of hydrogen-bond acceptors (Lipinski definition) is 6. The highest BCUT2D eigenvalue weighted by Crippen LogP contribution is 2.34. The number of H-pyrrole nitrogens is 1. The van der Waals surface area contributed by atoms with Gasteiger partial charge in [0.15, 0.2) is 5.82 Å². The van der Waals surface area contributed by atoms with Crippen molar-refractivity contribution in [3.8, 4) is 0 Å². The molecule has 2 fully saturated rings. The van der Waals surface area contributed by atoms with Gasteiger partial charge < -0.3 is 9.88 Å². The topological polar surface area (TPSA) is 82.9 Å². The van der Waals surface area contributed by atoms with Crippen LogP contribution >= 0.6 is 0 Å². The molecule has 37 heavy (non-hydrogen) atoms. The van der Waals surface area contributed by atoms with Crippen LogP contribution in [0.3, 0.4) is 0 Å². The molecule has 1 N–H and O–H groups in total. The van der Waals surface area contributed by atoms with Crippen molar-refractivity contribution in [2.75, 3.05) is 31.1 Å². The fourth-order valence-electron chi connectivity index (χ4n) is 6.04. The first-order chi connectivity index (χ1) is 18.2. The van der Waals surface area contributed by atoms with Gasteiger partial charge in [-0.25, -0.2) is 4.68 Å². The van der Waals surface area contributed by atoms with Crippen molar-refractivity contribution in [1.82, 2.24) is 30.1 Å². The Kier molecular flexibility index (Phi) is 6.74. The molecular formula is C29H35N7O. The third kappa shape index (κ3) is 4.78. The second-order valence-corrected chi connectivity index (χ2v) is 10.4. The van der Waals surface area contributed by atoms with E-state index < -0.39 is 0 Å². The smallest absolute Gasteiger partial charge is 0.253 e. The largest absolute Gasteiger partial charge is 0.369 e. The van der Waals surface area contributed by atoms with Gasteiger partial charge in [-0.15, -0.1) is 5.10 Å². The monoisotopic (exact) mass is 497 g/mol. The minimum absolute atomic E-state index is 0.0644. The summed E-state index contributed by atoms with van der Waals surface area (Å²) in [5.41, 5.74) is 4.02. The Labute approximate surface area is 217 Å². The number of aromatic amines is 1. The van der Waals surface area contributed by atoms with E-state index in [1.54, 1.807) is 0 Å². The molecule has 1 aliphatic carbocycles. The Morgan fingerprint density at radius 2 is 1.76 bits per heavy atom. The van der Waals surface area contributed by atoms with Crippen LogP contribution in [0.25, 0.3) is 10.9 Å². The van der Waals surface area contributed by atoms with Crippen LogP contribution in [0.15, 0.2) is 59.4 Å². The fourth-order valence-corrected chi connectivity index (χ4v) is 6.04. The molecule has 6 rings (SSSR count). The minimum atomic E-state index is -0.298. The average molecular weight is 498 g/mol. The zero-order chi connectivity index (χ0) is 25.2. The second-order valence-electron chi connectivity index (χ2n) is 10.4. The van der Waals surface area contributed by atoms with Crippen molar-refractivity contribution in [2.45, 2.75) is 57.5 Å². The number of pyridine rings is 1. The lowest BCUT2D eigenvalue weighted by Gasteiger charge is -2.40. The van der Waals surface area contributed by atoms with Gasteiger partial charge in [0, 0.05) is 42.9 Å². The molecule has 1 unspecified atom stereocenters. The average Bonchev–Trinajstić information content (AvgIpc) is 3.44. The van der Waals surface area contributed by atoms with Crippen LogP contribution in [-0.2, 0) is 6.42 Å². The first-order valence-electron chi connectivity index (χ1n) is 13.7. The van der Waals surface area contributed by atoms with Gasteiger partial charge in [-0.3, -0.25) is 9.69 Å². The van der Waals surface area contributed by atoms with E-state index in [1.807, 2.05) is 10.7 Å². The van der Waals surface area contributed by atoms with E-state index in [1.165, 1.54) is 30.5 Å². The van der Waals surface area contributed by atoms with Gasteiger partial charge in [-0.2, -0.15) is 0 Å². The molecule has 0 amide bonds. The van der Waals surface area contributed by atoms with Crippen molar-refractivity contribution in [2.24, 2.45) is 0 Å². The fraction of sp³-hybridized carbons (Fsp3) is 0.448. The van der Waals surface area contributed by atoms with Crippen LogP contribution in [0, 0.1) is 0 Å². The third-order valence-corrected chi connectivity index (χ3v) is 8.12. The maximum Gasteiger partial charge on any atom is 0.253 e. The number of aryl methyl sites for hydroxylation is 1. The molecule has 2 aliphatic rings. The van der Waals surface area contributed by atoms with E-state index in [9.17, 15) is 4.79 Å². The molecule has 8 nitrogen and oxygen atoms in total. The van der Waals surface area contributed by atoms with E-state index in [2.05, 4.69) is 85.8 Å². The molecule has 1 saturated carbocycles. The first-order valence-corrected chi connectivity index (χ1v) is 13.7. The molecule has 1 aliphatic heterocycles. The molecule has 192 valence electrons. The highest BCUT2D eigenvalue weighted by atomic mass is 16.1. The summed E-state index contributed by atoms with van der Waals surface area (Å²) in [7, 11) is 0. The summed E-state index contributed by atoms with van der Waals surface area (Å²) in [6, 6.07) is 18.9. The summed E-state index contributed by atoms with van der Waals surface area (Å²) >= 11 is 0. The zero-order valence-electron chi connectivity index (χ0n) is 21.5. The number of tetrazole rings is 1. The highest BCUT2D eigenvalue weighted by molar-refractivity contribution is 5.80. The van der Waals surface area contributed by atoms with Gasteiger partial charge in [0.1, 0.15) is 6.04 Å². The van der Waals surface area contributed by atoms with E-state index in [0.717, 1.165) is 67.7 Å². The number of benzene rings is 2. The SMILES string of the molecule is CCc1ccc2[nH]c(=O)c(C(c3nnnn3C3CCCCC3)N3CCN(c4ccccc4)CC3)cc2c1. The van der Waals surface area contributed by atoms with Crippen molar-refractivity contribution < 1.29 is 0 Å². The maximum atomic E-state index is 13.6. The Morgan fingerprint density at radius 3 is 2.51 bits per heavy atom. The number of para-hydroxylation sites is 1. The summed E-state index contributed by atoms with van der Waals surface area (Å²) in [6.07, 6.45) is 6.78. The maximum absolute atomic E-state index is 13.6. The van der Waals surface area contributed by atoms with Gasteiger partial charge in [-0.05, 0) is 71.0 Å². The molecule has 3 heterocycles. The van der Waals surface area contributed by atoms with Gasteiger partial charge >= 0.3 is 0 Å². The summed E-state index contributed by atoms with van der Waals surface area (Å²) < 4.78 is 2.03. The van der Waals surface area contributed by atoms with E-state index in [4.69, 9.17) is 0 Å². The van der Waals surface area contributed by atoms with E-state index >= 15 is 0 Å². The Bertz CT molecular complexity index is 1400. The second kappa shape index (κ2) is 10.5. The number of rotatable bonds is 6. The zero-order valence-corrected chi connectivity index (χ0v) is 21.5. The number of fused-ring (bicyclic) bond motifs is 1. The number of piperazine rings is 1. The molecule has 1 atom stereocenters. The number of nitrogens with one attached hydrogen (secondary N) is 1. The summed E-state index contributed by atoms with van der Waals surface area (Å²) in [5, 5.41) is 14.2. The van der Waals surface area contributed by atoms with Crippen molar-refractivity contribution in [3.63, 3.8) is 0 Å². The molecule has 4 aromatic rings. The number of anilines is 1. The molecule has 0 bridgehead atoms. The molecule has 0 spiro atoms. The Morgan fingerprint density at radius 1 is 0.973 bits per heavy atom. The van der Waals surface area contributed by atoms with Crippen LogP contribution in [-0.4, -0.2) is 56.3 Å². The quantitative estimate of drug-likeness (QED) is 0.423. The predicted octanol–water partition coefficient (Wildman–Crippen LogP) is 4.49. The molecule has 2 aromatic heterocycles. The van der Waals surface area contributed by atoms with Crippen LogP contribution < -0.4 is 10.5 Å². The molecular weight excluding hydrogens is 462 g/mol. The Balaban J connectivity index is 1.40. The van der Waals surface area contributed by atoms with Gasteiger partial charge in [0.2, 0.25) is 0 Å². The minimum Gasteiger partial charge on any atom is -0.369 e. The van der Waals surface area contributed by atoms with Crippen molar-refractivity contribution in [1.29, 1.82) is 0 Å². The summed E-state index contributed by atoms with van der Waals surface area (Å²) in [6.45, 7) is 5.57. The summed E-state index contributed by atoms with van der Waals surface area (Å²) in [4.78, 5) is 21.5. The van der Waals surface area contributed by atoms with Crippen LogP contribution in [0.2, 0.25) is 0 Å². The van der Waals surface area contributed by atoms with Crippen molar-refractivity contribution >= 4 is 16.6 Å². The molecule has 2 aromatic carbocycles. The van der Waals surface area contributed by atoms with Gasteiger partial charge in [0.05, 0.1) is 6.04 Å². The van der Waals surface area contributed by atoms with Crippen LogP contribution in [0.1, 0.15) is 68.1 Å².